The molecule has 0 saturated carbocycles. The third-order valence-electron chi connectivity index (χ3n) is 3.94. The highest BCUT2D eigenvalue weighted by molar-refractivity contribution is 5.67. The van der Waals surface area contributed by atoms with E-state index < -0.39 is 5.97 Å². The van der Waals surface area contributed by atoms with Crippen LogP contribution in [-0.4, -0.2) is 23.7 Å². The van der Waals surface area contributed by atoms with Gasteiger partial charge in [-0.2, -0.15) is 0 Å². The number of carbonyl (C=O) groups is 1. The Bertz CT molecular complexity index is 442. The average Bonchev–Trinajstić information content (AvgIpc) is 2.84. The van der Waals surface area contributed by atoms with Crippen molar-refractivity contribution in [1.82, 2.24) is 0 Å². The summed E-state index contributed by atoms with van der Waals surface area (Å²) in [6, 6.07) is 8.91. The topological polar surface area (TPSA) is 40.5 Å². The summed E-state index contributed by atoms with van der Waals surface area (Å²) in [5.41, 5.74) is 2.66. The van der Waals surface area contributed by atoms with Crippen molar-refractivity contribution in [2.45, 2.75) is 51.5 Å². The Labute approximate surface area is 115 Å². The molecule has 3 heteroatoms. The Morgan fingerprint density at radius 2 is 2.16 bits per heavy atom. The van der Waals surface area contributed by atoms with Crippen molar-refractivity contribution in [3.8, 4) is 0 Å². The van der Waals surface area contributed by atoms with Gasteiger partial charge in [-0.25, -0.2) is 0 Å². The molecule has 0 bridgehead atoms. The second-order valence-corrected chi connectivity index (χ2v) is 5.64. The summed E-state index contributed by atoms with van der Waals surface area (Å²) in [6.07, 6.45) is 3.29. The van der Waals surface area contributed by atoms with Crippen LogP contribution in [0.4, 0.5) is 5.69 Å². The van der Waals surface area contributed by atoms with Gasteiger partial charge in [0.2, 0.25) is 0 Å². The lowest BCUT2D eigenvalue weighted by Crippen LogP contribution is -2.30. The predicted octanol–water partition coefficient (Wildman–Crippen LogP) is 3.64. The molecule has 1 saturated heterocycles. The van der Waals surface area contributed by atoms with Crippen LogP contribution in [0.3, 0.4) is 0 Å². The number of benzene rings is 1. The Kier molecular flexibility index (Phi) is 4.46. The van der Waals surface area contributed by atoms with Crippen LogP contribution in [0, 0.1) is 0 Å². The van der Waals surface area contributed by atoms with Gasteiger partial charge in [-0.05, 0) is 36.8 Å². The van der Waals surface area contributed by atoms with Gasteiger partial charge in [-0.3, -0.25) is 4.79 Å². The van der Waals surface area contributed by atoms with Gasteiger partial charge in [-0.1, -0.05) is 32.0 Å². The fourth-order valence-electron chi connectivity index (χ4n) is 2.98. The SMILES string of the molecule is CC(C)c1ccccc1N1CCCC1CCC(=O)O. The van der Waals surface area contributed by atoms with E-state index in [9.17, 15) is 4.79 Å². The van der Waals surface area contributed by atoms with Gasteiger partial charge in [0.15, 0.2) is 0 Å². The molecule has 0 aliphatic carbocycles. The number of anilines is 1. The largest absolute Gasteiger partial charge is 0.481 e. The van der Waals surface area contributed by atoms with Crippen molar-refractivity contribution < 1.29 is 9.90 Å². The second-order valence-electron chi connectivity index (χ2n) is 5.64. The minimum absolute atomic E-state index is 0.269. The van der Waals surface area contributed by atoms with Crippen molar-refractivity contribution in [1.29, 1.82) is 0 Å². The van der Waals surface area contributed by atoms with E-state index in [1.54, 1.807) is 0 Å². The Balaban J connectivity index is 2.17. The van der Waals surface area contributed by atoms with E-state index in [0.29, 0.717) is 12.0 Å². The number of carboxylic acid groups (broad SMARTS) is 1. The first-order valence-electron chi connectivity index (χ1n) is 7.17. The predicted molar refractivity (Wildman–Crippen MR) is 77.8 cm³/mol. The van der Waals surface area contributed by atoms with E-state index in [0.717, 1.165) is 25.8 Å². The number of carboxylic acids is 1. The van der Waals surface area contributed by atoms with Crippen LogP contribution in [0.25, 0.3) is 0 Å². The van der Waals surface area contributed by atoms with Crippen LogP contribution in [-0.2, 0) is 4.79 Å². The van der Waals surface area contributed by atoms with Crippen LogP contribution >= 0.6 is 0 Å². The summed E-state index contributed by atoms with van der Waals surface area (Å²) in [6.45, 7) is 5.47. The standard InChI is InChI=1S/C16H23NO2/c1-12(2)14-7-3-4-8-15(14)17-11-5-6-13(17)9-10-16(18)19/h3-4,7-8,12-13H,5-6,9-11H2,1-2H3,(H,18,19). The molecule has 0 aromatic heterocycles. The quantitative estimate of drug-likeness (QED) is 0.879. The first-order chi connectivity index (χ1) is 9.09. The van der Waals surface area contributed by atoms with Gasteiger partial charge < -0.3 is 10.0 Å². The molecule has 1 fully saturated rings. The summed E-state index contributed by atoms with van der Waals surface area (Å²) in [5, 5.41) is 8.85. The summed E-state index contributed by atoms with van der Waals surface area (Å²) >= 11 is 0. The maximum Gasteiger partial charge on any atom is 0.303 e. The summed E-state index contributed by atoms with van der Waals surface area (Å²) < 4.78 is 0. The van der Waals surface area contributed by atoms with Crippen LogP contribution in [0.1, 0.15) is 51.0 Å². The first-order valence-corrected chi connectivity index (χ1v) is 7.17. The smallest absolute Gasteiger partial charge is 0.303 e. The van der Waals surface area contributed by atoms with Crippen LogP contribution in [0.5, 0.6) is 0 Å². The van der Waals surface area contributed by atoms with Gasteiger partial charge in [0.1, 0.15) is 0 Å². The highest BCUT2D eigenvalue weighted by Crippen LogP contribution is 2.33. The van der Waals surface area contributed by atoms with E-state index in [1.165, 1.54) is 11.3 Å². The highest BCUT2D eigenvalue weighted by atomic mass is 16.4. The molecule has 1 aromatic rings. The third-order valence-corrected chi connectivity index (χ3v) is 3.94. The molecular formula is C16H23NO2. The zero-order valence-corrected chi connectivity index (χ0v) is 11.8. The highest BCUT2D eigenvalue weighted by Gasteiger charge is 2.26. The molecule has 1 atom stereocenters. The zero-order chi connectivity index (χ0) is 13.8. The monoisotopic (exact) mass is 261 g/mol. The van der Waals surface area contributed by atoms with Crippen LogP contribution in [0.15, 0.2) is 24.3 Å². The second kappa shape index (κ2) is 6.09. The van der Waals surface area contributed by atoms with E-state index in [1.807, 2.05) is 0 Å². The number of hydrogen-bond acceptors (Lipinski definition) is 2. The molecule has 0 amide bonds. The van der Waals surface area contributed by atoms with Crippen LogP contribution in [0.2, 0.25) is 0 Å². The minimum atomic E-state index is -0.691. The molecular weight excluding hydrogens is 238 g/mol. The maximum atomic E-state index is 10.8. The number of aliphatic carboxylic acids is 1. The van der Waals surface area contributed by atoms with Gasteiger partial charge in [-0.15, -0.1) is 0 Å². The molecule has 2 rings (SSSR count). The van der Waals surface area contributed by atoms with Gasteiger partial charge in [0.25, 0.3) is 0 Å². The number of hydrogen-bond donors (Lipinski definition) is 1. The van der Waals surface area contributed by atoms with Crippen molar-refractivity contribution >= 4 is 11.7 Å². The fourth-order valence-corrected chi connectivity index (χ4v) is 2.98. The van der Waals surface area contributed by atoms with Crippen molar-refractivity contribution in [2.75, 3.05) is 11.4 Å². The first kappa shape index (κ1) is 13.9. The molecule has 1 N–H and O–H groups in total. The van der Waals surface area contributed by atoms with Crippen LogP contribution < -0.4 is 4.90 Å². The molecule has 1 aliphatic rings. The number of para-hydroxylation sites is 1. The van der Waals surface area contributed by atoms with E-state index in [4.69, 9.17) is 5.11 Å². The Morgan fingerprint density at radius 3 is 2.84 bits per heavy atom. The molecule has 19 heavy (non-hydrogen) atoms. The lowest BCUT2D eigenvalue weighted by molar-refractivity contribution is -0.137. The van der Waals surface area contributed by atoms with Gasteiger partial charge in [0.05, 0.1) is 0 Å². The lowest BCUT2D eigenvalue weighted by atomic mass is 9.99. The molecule has 3 nitrogen and oxygen atoms in total. The number of nitrogens with zero attached hydrogens (tertiary/aromatic N) is 1. The summed E-state index contributed by atoms with van der Waals surface area (Å²) in [7, 11) is 0. The van der Waals surface area contributed by atoms with Crippen molar-refractivity contribution in [3.05, 3.63) is 29.8 Å². The molecule has 0 spiro atoms. The molecule has 1 heterocycles. The van der Waals surface area contributed by atoms with Crippen molar-refractivity contribution in [2.24, 2.45) is 0 Å². The minimum Gasteiger partial charge on any atom is -0.481 e. The molecule has 104 valence electrons. The Morgan fingerprint density at radius 1 is 1.42 bits per heavy atom. The van der Waals surface area contributed by atoms with Crippen molar-refractivity contribution in [3.63, 3.8) is 0 Å². The zero-order valence-electron chi connectivity index (χ0n) is 11.8. The van der Waals surface area contributed by atoms with Gasteiger partial charge in [0, 0.05) is 24.7 Å². The van der Waals surface area contributed by atoms with E-state index in [2.05, 4.69) is 43.0 Å². The van der Waals surface area contributed by atoms with E-state index in [-0.39, 0.29) is 6.42 Å². The number of rotatable bonds is 5. The normalized spacial score (nSPS) is 19.1. The fraction of sp³-hybridized carbons (Fsp3) is 0.562. The molecule has 1 aliphatic heterocycles. The third kappa shape index (κ3) is 3.28. The maximum absolute atomic E-state index is 10.8. The summed E-state index contributed by atoms with van der Waals surface area (Å²) in [5.74, 6) is -0.194. The molecule has 0 radical (unpaired) electrons. The van der Waals surface area contributed by atoms with Gasteiger partial charge >= 0.3 is 5.97 Å². The lowest BCUT2D eigenvalue weighted by Gasteiger charge is -2.29. The molecule has 1 unspecified atom stereocenters. The molecule has 1 aromatic carbocycles. The van der Waals surface area contributed by atoms with E-state index >= 15 is 0 Å². The average molecular weight is 261 g/mol. The summed E-state index contributed by atoms with van der Waals surface area (Å²) in [4.78, 5) is 13.2. The Hall–Kier alpha value is -1.51.